The fraction of sp³-hybridized carbons (Fsp3) is 0.462. The molecule has 3 fully saturated rings. The lowest BCUT2D eigenvalue weighted by atomic mass is 9.93. The van der Waals surface area contributed by atoms with Gasteiger partial charge in [0.15, 0.2) is 55.5 Å². The average molecular weight is 1280 g/mol. The van der Waals surface area contributed by atoms with E-state index in [9.17, 15) is 52.7 Å². The average Bonchev–Trinajstić information content (AvgIpc) is 0.774. The van der Waals surface area contributed by atoms with Crippen molar-refractivity contribution in [2.24, 2.45) is 0 Å². The van der Waals surface area contributed by atoms with Gasteiger partial charge in [0.1, 0.15) is 48.9 Å². The zero-order valence-corrected chi connectivity index (χ0v) is 51.6. The van der Waals surface area contributed by atoms with E-state index in [0.717, 1.165) is 34.6 Å². The predicted molar refractivity (Wildman–Crippen MR) is 314 cm³/mol. The summed E-state index contributed by atoms with van der Waals surface area (Å²) in [6, 6.07) is 27.4. The summed E-state index contributed by atoms with van der Waals surface area (Å²) in [5, 5.41) is 5.37. The van der Waals surface area contributed by atoms with Crippen molar-refractivity contribution in [2.75, 3.05) is 26.9 Å². The molecule has 7 rings (SSSR count). The van der Waals surface area contributed by atoms with Crippen LogP contribution in [0.25, 0.3) is 0 Å². The van der Waals surface area contributed by atoms with Gasteiger partial charge in [0, 0.05) is 54.1 Å². The first-order valence-electron chi connectivity index (χ1n) is 29.6. The lowest BCUT2D eigenvalue weighted by molar-refractivity contribution is -0.348. The molecule has 3 aliphatic rings. The summed E-state index contributed by atoms with van der Waals surface area (Å²) in [6.45, 7) is 4.98. The van der Waals surface area contributed by atoms with Crippen LogP contribution in [0.1, 0.15) is 115 Å². The Balaban J connectivity index is 1.39. The summed E-state index contributed by atoms with van der Waals surface area (Å²) in [7, 11) is 1.25. The molecular formula is C65H74N2O25. The van der Waals surface area contributed by atoms with Crippen molar-refractivity contribution < 1.29 is 119 Å². The Bertz CT molecular complexity index is 3170. The predicted octanol–water partition coefficient (Wildman–Crippen LogP) is 4.63. The highest BCUT2D eigenvalue weighted by molar-refractivity contribution is 5.92. The van der Waals surface area contributed by atoms with Crippen LogP contribution in [0.2, 0.25) is 0 Å². The van der Waals surface area contributed by atoms with Gasteiger partial charge in [-0.15, -0.1) is 0 Å². The third-order valence-corrected chi connectivity index (χ3v) is 14.4. The number of esters is 8. The minimum Gasteiger partial charge on any atom is -0.469 e. The number of benzene rings is 4. The molecule has 27 nitrogen and oxygen atoms in total. The first-order valence-corrected chi connectivity index (χ1v) is 29.6. The second kappa shape index (κ2) is 34.4. The first-order chi connectivity index (χ1) is 44.1. The maximum absolute atomic E-state index is 14.6. The molecule has 92 heavy (non-hydrogen) atoms. The zero-order valence-electron chi connectivity index (χ0n) is 51.6. The van der Waals surface area contributed by atoms with Gasteiger partial charge in [-0.1, -0.05) is 79.2 Å². The molecule has 0 saturated carbocycles. The molecule has 2 N–H and O–H groups in total. The fourth-order valence-corrected chi connectivity index (χ4v) is 10.4. The number of ether oxygens (including phenoxy) is 14. The monoisotopic (exact) mass is 1280 g/mol. The van der Waals surface area contributed by atoms with Crippen LogP contribution < -0.4 is 10.6 Å². The van der Waals surface area contributed by atoms with Crippen LogP contribution >= 0.6 is 0 Å². The quantitative estimate of drug-likeness (QED) is 0.0444. The number of carbonyl (C=O) groups is 11. The molecule has 3 heterocycles. The summed E-state index contributed by atoms with van der Waals surface area (Å²) in [5.41, 5.74) is 0.0214. The molecule has 0 radical (unpaired) electrons. The number of Topliss-reactive ketones (excluding diaryl/α,β-unsaturated/α-hetero) is 1. The van der Waals surface area contributed by atoms with Crippen LogP contribution in [-0.2, 0) is 99.9 Å². The molecule has 4 aromatic carbocycles. The van der Waals surface area contributed by atoms with Crippen molar-refractivity contribution >= 4 is 65.4 Å². The minimum absolute atomic E-state index is 0.00622. The number of hydrogen-bond acceptors (Lipinski definition) is 25. The van der Waals surface area contributed by atoms with E-state index in [1.54, 1.807) is 60.7 Å². The standard InChI is InChI=1S/C65H74N2O25/c1-36(68)33-46-52(83-39(4)71)55(85-41(6)73)50(66-37(2)69)64(86-46)82-35-48-53(84-40(5)72)56(51(67-38(3)70)63(87-48)80-32-22-12-21-31-49(74)79-7)92-65-58(91-62(78)45-29-19-11-20-30-45)57(90-61(77)44-27-17-10-18-28-44)54(89-60(76)43-25-15-9-16-26-43)47(88-65)34-81-59(75)42-23-13-8-14-24-42/h8-11,13-20,23-30,46-48,50-58,63-65H,12,21-22,31-35H2,1-7H3,(H,66,69)(H,67,70)/t46-,47-,48-,50-,51-,52-,53+,54+,55-,56-,57+,58-,63+,64-,65+/m1/s1. The SMILES string of the molecule is COC(=O)CCCCCO[C@H]1O[C@H](CO[C@@H]2O[C@H](CC(C)=O)[C@@H](OC(C)=O)[C@H](OC(C)=O)[C@H]2NC(C)=O)[C@H](OC(C)=O)[C@H](O[C@@H]2O[C@H](COC(=O)c3ccccc3)[C@H](OC(=O)c3ccccc3)[C@H](OC(=O)c3ccccc3)[C@H]2OC(=O)c2ccccc2)[C@H]1NC(C)=O. The number of unbranched alkanes of at least 4 members (excludes halogenated alkanes) is 2. The van der Waals surface area contributed by atoms with Crippen molar-refractivity contribution in [3.05, 3.63) is 144 Å². The van der Waals surface area contributed by atoms with Crippen LogP contribution in [0.5, 0.6) is 0 Å². The van der Waals surface area contributed by atoms with Gasteiger partial charge >= 0.3 is 47.8 Å². The highest BCUT2D eigenvalue weighted by atomic mass is 16.8. The Morgan fingerprint density at radius 1 is 0.402 bits per heavy atom. The molecule has 15 atom stereocenters. The summed E-state index contributed by atoms with van der Waals surface area (Å²) >= 11 is 0. The maximum atomic E-state index is 14.6. The summed E-state index contributed by atoms with van der Waals surface area (Å²) in [5.74, 6) is -9.08. The Morgan fingerprint density at radius 3 is 1.28 bits per heavy atom. The van der Waals surface area contributed by atoms with E-state index in [1.165, 1.54) is 74.7 Å². The van der Waals surface area contributed by atoms with Gasteiger partial charge in [0.25, 0.3) is 0 Å². The first kappa shape index (κ1) is 70.5. The zero-order chi connectivity index (χ0) is 66.4. The second-order valence-corrected chi connectivity index (χ2v) is 21.6. The topological polar surface area (TPSA) is 341 Å². The third-order valence-electron chi connectivity index (χ3n) is 14.4. The van der Waals surface area contributed by atoms with Crippen molar-refractivity contribution in [1.29, 1.82) is 0 Å². The van der Waals surface area contributed by atoms with Gasteiger partial charge in [0.2, 0.25) is 11.8 Å². The van der Waals surface area contributed by atoms with E-state index in [1.807, 2.05) is 0 Å². The Kier molecular flexibility index (Phi) is 26.4. The third kappa shape index (κ3) is 20.3. The van der Waals surface area contributed by atoms with Crippen LogP contribution in [0.15, 0.2) is 121 Å². The van der Waals surface area contributed by atoms with E-state index < -0.39 is 177 Å². The Hall–Kier alpha value is -8.99. The van der Waals surface area contributed by atoms with Gasteiger partial charge in [-0.2, -0.15) is 0 Å². The van der Waals surface area contributed by atoms with E-state index in [0.29, 0.717) is 12.8 Å². The van der Waals surface area contributed by atoms with Crippen molar-refractivity contribution in [2.45, 2.75) is 166 Å². The van der Waals surface area contributed by atoms with Crippen LogP contribution in [0, 0.1) is 0 Å². The van der Waals surface area contributed by atoms with Crippen molar-refractivity contribution in [3.8, 4) is 0 Å². The minimum atomic E-state index is -2.11. The number of nitrogens with one attached hydrogen (secondary N) is 2. The Labute approximate surface area is 529 Å². The molecule has 0 aliphatic carbocycles. The van der Waals surface area contributed by atoms with Gasteiger partial charge in [-0.25, -0.2) is 19.2 Å². The molecule has 0 spiro atoms. The number of amides is 2. The molecule has 27 heteroatoms. The van der Waals surface area contributed by atoms with Gasteiger partial charge in [0.05, 0.1) is 36.0 Å². The normalized spacial score (nSPS) is 25.8. The van der Waals surface area contributed by atoms with Crippen molar-refractivity contribution in [3.63, 3.8) is 0 Å². The second-order valence-electron chi connectivity index (χ2n) is 21.6. The summed E-state index contributed by atoms with van der Waals surface area (Å²) in [6.07, 6.45) is -22.0. The molecular weight excluding hydrogens is 1210 g/mol. The molecule has 4 aromatic rings. The molecule has 0 aromatic heterocycles. The molecule has 2 amide bonds. The van der Waals surface area contributed by atoms with Crippen LogP contribution in [0.4, 0.5) is 0 Å². The van der Waals surface area contributed by atoms with E-state index in [4.69, 9.17) is 66.3 Å². The number of rotatable bonds is 28. The van der Waals surface area contributed by atoms with Gasteiger partial charge in [-0.3, -0.25) is 33.6 Å². The Morgan fingerprint density at radius 2 is 0.804 bits per heavy atom. The van der Waals surface area contributed by atoms with E-state index in [2.05, 4.69) is 10.6 Å². The number of methoxy groups -OCH3 is 1. The highest BCUT2D eigenvalue weighted by Crippen LogP contribution is 2.37. The van der Waals surface area contributed by atoms with Crippen LogP contribution in [0.3, 0.4) is 0 Å². The van der Waals surface area contributed by atoms with Crippen molar-refractivity contribution in [1.82, 2.24) is 10.6 Å². The van der Waals surface area contributed by atoms with Gasteiger partial charge in [-0.05, 0) is 68.3 Å². The molecule has 0 bridgehead atoms. The van der Waals surface area contributed by atoms with Crippen LogP contribution in [-0.4, -0.2) is 184 Å². The fourth-order valence-electron chi connectivity index (χ4n) is 10.4. The number of hydrogen-bond donors (Lipinski definition) is 2. The maximum Gasteiger partial charge on any atom is 0.338 e. The van der Waals surface area contributed by atoms with E-state index in [-0.39, 0.29) is 41.7 Å². The number of carbonyl (C=O) groups excluding carboxylic acids is 11. The van der Waals surface area contributed by atoms with Gasteiger partial charge < -0.3 is 76.9 Å². The lowest BCUT2D eigenvalue weighted by Crippen LogP contribution is -2.70. The molecule has 494 valence electrons. The largest absolute Gasteiger partial charge is 0.469 e. The molecule has 3 aliphatic heterocycles. The number of ketones is 1. The summed E-state index contributed by atoms with van der Waals surface area (Å²) < 4.78 is 86.3. The molecule has 3 saturated heterocycles. The lowest BCUT2D eigenvalue weighted by Gasteiger charge is -2.50. The smallest absolute Gasteiger partial charge is 0.338 e. The molecule has 0 unspecified atom stereocenters. The summed E-state index contributed by atoms with van der Waals surface area (Å²) in [4.78, 5) is 148. The highest BCUT2D eigenvalue weighted by Gasteiger charge is 2.59. The van der Waals surface area contributed by atoms with E-state index >= 15 is 0 Å².